The quantitative estimate of drug-likeness (QED) is 0.192. The van der Waals surface area contributed by atoms with Crippen LogP contribution in [0, 0.1) is 11.8 Å². The highest BCUT2D eigenvalue weighted by molar-refractivity contribution is 5.73. The maximum atomic E-state index is 13.7. The molecular weight excluding hydrogens is 452 g/mol. The monoisotopic (exact) mass is 508 g/mol. The topological polar surface area (TPSA) is 87.7 Å². The van der Waals surface area contributed by atoms with E-state index >= 15 is 0 Å². The van der Waals surface area contributed by atoms with Gasteiger partial charge in [-0.25, -0.2) is 0 Å². The lowest BCUT2D eigenvalue weighted by atomic mass is 9.69. The van der Waals surface area contributed by atoms with Gasteiger partial charge in [0.1, 0.15) is 6.10 Å². The Bertz CT molecular complexity index is 696. The number of nitrogens with one attached hydrogen (secondary N) is 2. The fourth-order valence-electron chi connectivity index (χ4n) is 7.32. The number of carboxylic acid groups (broad SMARTS) is 1. The second kappa shape index (κ2) is 12.6. The van der Waals surface area contributed by atoms with Crippen molar-refractivity contribution in [1.82, 2.24) is 10.6 Å². The molecule has 210 valence electrons. The summed E-state index contributed by atoms with van der Waals surface area (Å²) in [7, 11) is 0. The van der Waals surface area contributed by atoms with Crippen LogP contribution >= 0.6 is 0 Å². The Morgan fingerprint density at radius 3 is 1.61 bits per heavy atom. The summed E-state index contributed by atoms with van der Waals surface area (Å²) >= 11 is 0. The van der Waals surface area contributed by atoms with Crippen molar-refractivity contribution < 1.29 is 19.4 Å². The van der Waals surface area contributed by atoms with Gasteiger partial charge in [0.25, 0.3) is 0 Å². The third kappa shape index (κ3) is 11.1. The van der Waals surface area contributed by atoms with Gasteiger partial charge >= 0.3 is 11.9 Å². The van der Waals surface area contributed by atoms with Crippen molar-refractivity contribution in [3.05, 3.63) is 0 Å². The Hall–Kier alpha value is -1.14. The first-order valence-corrected chi connectivity index (χ1v) is 14.5. The molecule has 1 unspecified atom stereocenters. The number of hydrogen-bond donors (Lipinski definition) is 3. The minimum atomic E-state index is -0.700. The number of carbonyl (C=O) groups is 2. The maximum Gasteiger partial charge on any atom is 0.309 e. The number of aliphatic carboxylic acids is 1. The van der Waals surface area contributed by atoms with Crippen molar-refractivity contribution in [1.29, 1.82) is 0 Å². The predicted octanol–water partition coefficient (Wildman–Crippen LogP) is 6.61. The SMILES string of the molecule is CC1(C)CC(OC(=O)C(CCCCCCCCCC(=O)O)C2CC(C)(C)NC(C)(C)C2)CC(C)(C)N1. The lowest BCUT2D eigenvalue weighted by molar-refractivity contribution is -0.162. The molecule has 2 aliphatic heterocycles. The minimum absolute atomic E-state index is 0.000358. The van der Waals surface area contributed by atoms with E-state index in [1.807, 2.05) is 0 Å². The molecule has 0 aromatic carbocycles. The summed E-state index contributed by atoms with van der Waals surface area (Å²) in [6.07, 6.45) is 12.1. The van der Waals surface area contributed by atoms with Gasteiger partial charge in [0.15, 0.2) is 0 Å². The Balaban J connectivity index is 1.97. The van der Waals surface area contributed by atoms with Gasteiger partial charge < -0.3 is 20.5 Å². The molecule has 2 heterocycles. The van der Waals surface area contributed by atoms with Gasteiger partial charge in [-0.2, -0.15) is 0 Å². The van der Waals surface area contributed by atoms with Gasteiger partial charge in [-0.1, -0.05) is 38.5 Å². The molecule has 0 radical (unpaired) electrons. The lowest BCUT2D eigenvalue weighted by Gasteiger charge is -2.49. The largest absolute Gasteiger partial charge is 0.481 e. The molecule has 6 nitrogen and oxygen atoms in total. The second-order valence-corrected chi connectivity index (χ2v) is 14.4. The lowest BCUT2D eigenvalue weighted by Crippen LogP contribution is -2.60. The fourth-order valence-corrected chi connectivity index (χ4v) is 7.32. The zero-order valence-electron chi connectivity index (χ0n) is 24.6. The highest BCUT2D eigenvalue weighted by atomic mass is 16.5. The van der Waals surface area contributed by atoms with E-state index in [9.17, 15) is 9.59 Å². The van der Waals surface area contributed by atoms with E-state index in [0.29, 0.717) is 5.92 Å². The summed E-state index contributed by atoms with van der Waals surface area (Å²) in [5, 5.41) is 16.2. The van der Waals surface area contributed by atoms with Crippen LogP contribution in [0.4, 0.5) is 0 Å². The number of esters is 1. The zero-order chi connectivity index (χ0) is 27.2. The van der Waals surface area contributed by atoms with Crippen LogP contribution in [0.3, 0.4) is 0 Å². The summed E-state index contributed by atoms with van der Waals surface area (Å²) < 4.78 is 6.31. The van der Waals surface area contributed by atoms with Gasteiger partial charge in [-0.15, -0.1) is 0 Å². The highest BCUT2D eigenvalue weighted by Crippen LogP contribution is 2.40. The van der Waals surface area contributed by atoms with Crippen LogP contribution in [-0.4, -0.2) is 45.3 Å². The molecule has 3 N–H and O–H groups in total. The summed E-state index contributed by atoms with van der Waals surface area (Å²) in [6.45, 7) is 17.8. The van der Waals surface area contributed by atoms with Crippen LogP contribution in [0.25, 0.3) is 0 Å². The second-order valence-electron chi connectivity index (χ2n) is 14.4. The molecule has 6 heteroatoms. The van der Waals surface area contributed by atoms with E-state index in [-0.39, 0.29) is 46.6 Å². The third-order valence-corrected chi connectivity index (χ3v) is 7.93. The van der Waals surface area contributed by atoms with Crippen molar-refractivity contribution in [3.63, 3.8) is 0 Å². The molecule has 2 saturated heterocycles. The summed E-state index contributed by atoms with van der Waals surface area (Å²) in [6, 6.07) is 0. The normalized spacial score (nSPS) is 24.2. The first kappa shape index (κ1) is 31.1. The standard InChI is InChI=1S/C30H56N2O4/c1-27(2)18-22(19-28(3,4)31-27)24(16-14-12-10-9-11-13-15-17-25(33)34)26(35)36-23-20-29(5,6)32-30(7,8)21-23/h22-24,31-32H,9-21H2,1-8H3,(H,33,34). The minimum Gasteiger partial charge on any atom is -0.481 e. The van der Waals surface area contributed by atoms with Crippen molar-refractivity contribution in [2.75, 3.05) is 0 Å². The molecule has 0 aromatic rings. The smallest absolute Gasteiger partial charge is 0.309 e. The van der Waals surface area contributed by atoms with E-state index in [1.54, 1.807) is 0 Å². The van der Waals surface area contributed by atoms with Gasteiger partial charge in [-0.3, -0.25) is 9.59 Å². The molecule has 36 heavy (non-hydrogen) atoms. The average molecular weight is 509 g/mol. The molecule has 0 bridgehead atoms. The van der Waals surface area contributed by atoms with Crippen LogP contribution in [-0.2, 0) is 14.3 Å². The number of piperidine rings is 2. The summed E-state index contributed by atoms with van der Waals surface area (Å²) in [5.74, 6) is -0.417. The third-order valence-electron chi connectivity index (χ3n) is 7.93. The van der Waals surface area contributed by atoms with Crippen molar-refractivity contribution in [2.45, 2.75) is 167 Å². The number of carbonyl (C=O) groups excluding carboxylic acids is 1. The van der Waals surface area contributed by atoms with Gasteiger partial charge in [0.2, 0.25) is 0 Å². The van der Waals surface area contributed by atoms with E-state index < -0.39 is 5.97 Å². The van der Waals surface area contributed by atoms with Gasteiger partial charge in [0, 0.05) is 41.4 Å². The van der Waals surface area contributed by atoms with Crippen molar-refractivity contribution >= 4 is 11.9 Å². The van der Waals surface area contributed by atoms with Crippen LogP contribution in [0.5, 0.6) is 0 Å². The molecule has 0 saturated carbocycles. The van der Waals surface area contributed by atoms with Crippen LogP contribution in [0.2, 0.25) is 0 Å². The molecule has 1 atom stereocenters. The highest BCUT2D eigenvalue weighted by Gasteiger charge is 2.45. The molecule has 0 aliphatic carbocycles. The average Bonchev–Trinajstić information content (AvgIpc) is 2.64. The van der Waals surface area contributed by atoms with E-state index in [2.05, 4.69) is 66.0 Å². The fraction of sp³-hybridized carbons (Fsp3) is 0.933. The maximum absolute atomic E-state index is 13.7. The first-order valence-electron chi connectivity index (χ1n) is 14.5. The van der Waals surface area contributed by atoms with E-state index in [0.717, 1.165) is 77.0 Å². The number of carboxylic acids is 1. The molecule has 2 aliphatic rings. The molecule has 2 fully saturated rings. The zero-order valence-corrected chi connectivity index (χ0v) is 24.6. The number of unbranched alkanes of at least 4 members (excludes halogenated alkanes) is 6. The van der Waals surface area contributed by atoms with Crippen LogP contribution in [0.1, 0.15) is 139 Å². The number of rotatable bonds is 13. The molecular formula is C30H56N2O4. The Labute approximate surface area is 221 Å². The molecule has 2 rings (SSSR count). The summed E-state index contributed by atoms with van der Waals surface area (Å²) in [4.78, 5) is 24.4. The van der Waals surface area contributed by atoms with Crippen molar-refractivity contribution in [3.8, 4) is 0 Å². The Kier molecular flexibility index (Phi) is 10.9. The van der Waals surface area contributed by atoms with Gasteiger partial charge in [0.05, 0.1) is 5.92 Å². The molecule has 0 aromatic heterocycles. The van der Waals surface area contributed by atoms with E-state index in [4.69, 9.17) is 9.84 Å². The Morgan fingerprint density at radius 2 is 1.14 bits per heavy atom. The van der Waals surface area contributed by atoms with Crippen LogP contribution < -0.4 is 10.6 Å². The Morgan fingerprint density at radius 1 is 0.722 bits per heavy atom. The molecule has 0 spiro atoms. The van der Waals surface area contributed by atoms with E-state index in [1.165, 1.54) is 0 Å². The first-order chi connectivity index (χ1) is 16.5. The molecule has 0 amide bonds. The van der Waals surface area contributed by atoms with Crippen molar-refractivity contribution in [2.24, 2.45) is 11.8 Å². The number of hydrogen-bond acceptors (Lipinski definition) is 5. The number of ether oxygens (including phenoxy) is 1. The van der Waals surface area contributed by atoms with Crippen LogP contribution in [0.15, 0.2) is 0 Å². The van der Waals surface area contributed by atoms with Gasteiger partial charge in [-0.05, 0) is 87.0 Å². The summed E-state index contributed by atoms with van der Waals surface area (Å²) in [5.41, 5.74) is -0.101. The predicted molar refractivity (Wildman–Crippen MR) is 147 cm³/mol.